The maximum atomic E-state index is 13.1. The van der Waals surface area contributed by atoms with Crippen LogP contribution in [0, 0.1) is 0 Å². The summed E-state index contributed by atoms with van der Waals surface area (Å²) >= 11 is 0. The van der Waals surface area contributed by atoms with E-state index in [4.69, 9.17) is 0 Å². The molecule has 1 aliphatic heterocycles. The van der Waals surface area contributed by atoms with Gasteiger partial charge in [0.05, 0.1) is 5.69 Å². The molecule has 1 heterocycles. The van der Waals surface area contributed by atoms with Crippen molar-refractivity contribution in [2.45, 2.75) is 25.9 Å². The monoisotopic (exact) mass is 320 g/mol. The molecule has 1 aromatic rings. The Hall–Kier alpha value is -1.50. The average Bonchev–Trinajstić information content (AvgIpc) is 2.48. The topological polar surface area (TPSA) is 15.7 Å². The van der Waals surface area contributed by atoms with Gasteiger partial charge >= 0.3 is 12.5 Å². The minimum absolute atomic E-state index is 0.211. The van der Waals surface area contributed by atoms with Gasteiger partial charge in [0.1, 0.15) is 5.75 Å². The lowest BCUT2D eigenvalue weighted by atomic mass is 10.2. The number of rotatable bonds is 6. The van der Waals surface area contributed by atoms with Gasteiger partial charge in [-0.25, -0.2) is 0 Å². The van der Waals surface area contributed by atoms with E-state index in [0.29, 0.717) is 18.8 Å². The fourth-order valence-corrected chi connectivity index (χ4v) is 2.52. The number of ether oxygens (including phenoxy) is 1. The van der Waals surface area contributed by atoms with Crippen LogP contribution < -0.4 is 9.64 Å². The Morgan fingerprint density at radius 3 is 2.36 bits per heavy atom. The van der Waals surface area contributed by atoms with Crippen LogP contribution >= 0.6 is 0 Å². The van der Waals surface area contributed by atoms with Crippen molar-refractivity contribution in [3.63, 3.8) is 0 Å². The van der Waals surface area contributed by atoms with Gasteiger partial charge in [0, 0.05) is 26.2 Å². The van der Waals surface area contributed by atoms with E-state index < -0.39 is 12.5 Å². The SMILES string of the molecule is CCCN1CCN(c2ccccc2OC(F)(F)C(F)F)CC1. The molecule has 2 rings (SSSR count). The predicted molar refractivity (Wildman–Crippen MR) is 77.0 cm³/mol. The second kappa shape index (κ2) is 7.17. The van der Waals surface area contributed by atoms with Crippen LogP contribution in [0.4, 0.5) is 23.2 Å². The summed E-state index contributed by atoms with van der Waals surface area (Å²) in [5.74, 6) is -0.211. The molecule has 1 aromatic carbocycles. The third-order valence-electron chi connectivity index (χ3n) is 3.62. The molecule has 1 aliphatic rings. The first-order valence-electron chi connectivity index (χ1n) is 7.35. The van der Waals surface area contributed by atoms with Gasteiger partial charge < -0.3 is 9.64 Å². The Morgan fingerprint density at radius 1 is 1.14 bits per heavy atom. The van der Waals surface area contributed by atoms with Gasteiger partial charge in [-0.2, -0.15) is 17.6 Å². The molecule has 1 saturated heterocycles. The van der Waals surface area contributed by atoms with Gasteiger partial charge in [-0.1, -0.05) is 19.1 Å². The Morgan fingerprint density at radius 2 is 1.77 bits per heavy atom. The molecule has 0 radical (unpaired) electrons. The second-order valence-corrected chi connectivity index (χ2v) is 5.26. The number of para-hydroxylation sites is 2. The van der Waals surface area contributed by atoms with Crippen LogP contribution in [0.2, 0.25) is 0 Å². The van der Waals surface area contributed by atoms with Crippen LogP contribution in [0.25, 0.3) is 0 Å². The van der Waals surface area contributed by atoms with Crippen molar-refractivity contribution < 1.29 is 22.3 Å². The van der Waals surface area contributed by atoms with Gasteiger partial charge in [-0.3, -0.25) is 4.90 Å². The second-order valence-electron chi connectivity index (χ2n) is 5.26. The zero-order valence-electron chi connectivity index (χ0n) is 12.4. The van der Waals surface area contributed by atoms with E-state index in [1.165, 1.54) is 12.1 Å². The lowest BCUT2D eigenvalue weighted by molar-refractivity contribution is -0.253. The van der Waals surface area contributed by atoms with Gasteiger partial charge in [-0.15, -0.1) is 0 Å². The van der Waals surface area contributed by atoms with E-state index in [2.05, 4.69) is 16.6 Å². The van der Waals surface area contributed by atoms with Crippen LogP contribution in [0.5, 0.6) is 5.75 Å². The normalized spacial score (nSPS) is 17.1. The number of piperazine rings is 1. The summed E-state index contributed by atoms with van der Waals surface area (Å²) in [6, 6.07) is 6.09. The molecule has 0 spiro atoms. The van der Waals surface area contributed by atoms with Gasteiger partial charge in [0.2, 0.25) is 0 Å². The first-order valence-corrected chi connectivity index (χ1v) is 7.35. The number of hydrogen-bond donors (Lipinski definition) is 0. The molecule has 0 N–H and O–H groups in total. The van der Waals surface area contributed by atoms with Gasteiger partial charge in [-0.05, 0) is 25.1 Å². The third-order valence-corrected chi connectivity index (χ3v) is 3.62. The highest BCUT2D eigenvalue weighted by molar-refractivity contribution is 5.58. The summed E-state index contributed by atoms with van der Waals surface area (Å²) in [5, 5.41) is 0. The molecule has 0 unspecified atom stereocenters. The molecule has 0 aromatic heterocycles. The van der Waals surface area contributed by atoms with E-state index in [1.54, 1.807) is 12.1 Å². The lowest BCUT2D eigenvalue weighted by Gasteiger charge is -2.36. The number of anilines is 1. The zero-order chi connectivity index (χ0) is 16.2. The Kier molecular flexibility index (Phi) is 5.50. The van der Waals surface area contributed by atoms with Crippen molar-refractivity contribution in [3.8, 4) is 5.75 Å². The highest BCUT2D eigenvalue weighted by atomic mass is 19.3. The summed E-state index contributed by atoms with van der Waals surface area (Å²) in [6.07, 6.45) is -7.29. The summed E-state index contributed by atoms with van der Waals surface area (Å²) < 4.78 is 55.2. The maximum absolute atomic E-state index is 13.1. The number of benzene rings is 1. The fourth-order valence-electron chi connectivity index (χ4n) is 2.52. The maximum Gasteiger partial charge on any atom is 0.461 e. The molecule has 0 atom stereocenters. The predicted octanol–water partition coefficient (Wildman–Crippen LogP) is 3.46. The van der Waals surface area contributed by atoms with E-state index in [0.717, 1.165) is 26.1 Å². The molecule has 0 bridgehead atoms. The molecule has 7 heteroatoms. The zero-order valence-corrected chi connectivity index (χ0v) is 12.4. The number of nitrogens with zero attached hydrogens (tertiary/aromatic N) is 2. The summed E-state index contributed by atoms with van der Waals surface area (Å²) in [6.45, 7) is 6.03. The van der Waals surface area contributed by atoms with Crippen molar-refractivity contribution >= 4 is 5.69 Å². The van der Waals surface area contributed by atoms with Gasteiger partial charge in [0.25, 0.3) is 0 Å². The van der Waals surface area contributed by atoms with E-state index in [-0.39, 0.29) is 5.75 Å². The molecule has 0 saturated carbocycles. The summed E-state index contributed by atoms with van der Waals surface area (Å²) in [4.78, 5) is 4.18. The molecule has 0 amide bonds. The molecule has 0 aliphatic carbocycles. The van der Waals surface area contributed by atoms with Crippen LogP contribution in [0.15, 0.2) is 24.3 Å². The highest BCUT2D eigenvalue weighted by Crippen LogP contribution is 2.34. The average molecular weight is 320 g/mol. The number of halogens is 4. The first-order chi connectivity index (χ1) is 10.4. The third kappa shape index (κ3) is 4.03. The van der Waals surface area contributed by atoms with E-state index in [1.807, 2.05) is 4.90 Å². The fraction of sp³-hybridized carbons (Fsp3) is 0.600. The summed E-state index contributed by atoms with van der Waals surface area (Å²) in [7, 11) is 0. The minimum Gasteiger partial charge on any atom is -0.426 e. The molecule has 22 heavy (non-hydrogen) atoms. The molecule has 124 valence electrons. The minimum atomic E-state index is -4.49. The summed E-state index contributed by atoms with van der Waals surface area (Å²) in [5.41, 5.74) is 0.430. The lowest BCUT2D eigenvalue weighted by Crippen LogP contribution is -2.46. The van der Waals surface area contributed by atoms with Crippen molar-refractivity contribution in [1.29, 1.82) is 0 Å². The van der Waals surface area contributed by atoms with E-state index >= 15 is 0 Å². The van der Waals surface area contributed by atoms with Crippen LogP contribution in [0.1, 0.15) is 13.3 Å². The quantitative estimate of drug-likeness (QED) is 0.747. The molecule has 1 fully saturated rings. The van der Waals surface area contributed by atoms with Crippen LogP contribution in [-0.2, 0) is 0 Å². The molecule has 3 nitrogen and oxygen atoms in total. The van der Waals surface area contributed by atoms with Gasteiger partial charge in [0.15, 0.2) is 0 Å². The molecular formula is C15H20F4N2O. The Bertz CT molecular complexity index is 476. The first kappa shape index (κ1) is 16.9. The Labute approximate surface area is 127 Å². The largest absolute Gasteiger partial charge is 0.461 e. The van der Waals surface area contributed by atoms with Crippen molar-refractivity contribution in [1.82, 2.24) is 4.90 Å². The van der Waals surface area contributed by atoms with Crippen molar-refractivity contribution in [2.75, 3.05) is 37.6 Å². The Balaban J connectivity index is 2.09. The standard InChI is InChI=1S/C15H20F4N2O/c1-2-7-20-8-10-21(11-9-20)12-5-3-4-6-13(12)22-15(18,19)14(16)17/h3-6,14H,2,7-11H2,1H3. The van der Waals surface area contributed by atoms with E-state index in [9.17, 15) is 17.6 Å². The van der Waals surface area contributed by atoms with Crippen molar-refractivity contribution in [3.05, 3.63) is 24.3 Å². The smallest absolute Gasteiger partial charge is 0.426 e. The van der Waals surface area contributed by atoms with Crippen molar-refractivity contribution in [2.24, 2.45) is 0 Å². The highest BCUT2D eigenvalue weighted by Gasteiger charge is 2.44. The molecular weight excluding hydrogens is 300 g/mol. The van der Waals surface area contributed by atoms with Crippen LogP contribution in [-0.4, -0.2) is 50.2 Å². The number of hydrogen-bond acceptors (Lipinski definition) is 3. The van der Waals surface area contributed by atoms with Crippen LogP contribution in [0.3, 0.4) is 0 Å². The number of alkyl halides is 4.